The Morgan fingerprint density at radius 2 is 2.10 bits per heavy atom. The zero-order valence-electron chi connectivity index (χ0n) is 12.3. The van der Waals surface area contributed by atoms with E-state index in [9.17, 15) is 0 Å². The van der Waals surface area contributed by atoms with Crippen LogP contribution in [0, 0.1) is 5.41 Å². The summed E-state index contributed by atoms with van der Waals surface area (Å²) < 4.78 is 2.03. The normalized spacial score (nSPS) is 21.2. The first-order valence-corrected chi connectivity index (χ1v) is 7.46. The predicted molar refractivity (Wildman–Crippen MR) is 81.8 cm³/mol. The van der Waals surface area contributed by atoms with Crippen molar-refractivity contribution >= 4 is 0 Å². The van der Waals surface area contributed by atoms with Crippen molar-refractivity contribution in [1.82, 2.24) is 14.9 Å². The Kier molecular flexibility index (Phi) is 3.62. The average Bonchev–Trinajstić information content (AvgIpc) is 3.06. The smallest absolute Gasteiger partial charge is 0.0991 e. The van der Waals surface area contributed by atoms with Gasteiger partial charge in [0.2, 0.25) is 0 Å². The number of hydrogen-bond acceptors (Lipinski definition) is 2. The van der Waals surface area contributed by atoms with E-state index in [1.165, 1.54) is 24.8 Å². The van der Waals surface area contributed by atoms with Gasteiger partial charge in [-0.1, -0.05) is 32.4 Å². The second-order valence-electron chi connectivity index (χ2n) is 6.45. The first-order valence-electron chi connectivity index (χ1n) is 7.46. The van der Waals surface area contributed by atoms with Crippen molar-refractivity contribution in [3.05, 3.63) is 48.5 Å². The molecule has 0 spiro atoms. The number of aromatic nitrogens is 2. The van der Waals surface area contributed by atoms with Crippen LogP contribution in [0.3, 0.4) is 0 Å². The van der Waals surface area contributed by atoms with E-state index in [4.69, 9.17) is 0 Å². The molecule has 3 rings (SSSR count). The molecule has 1 fully saturated rings. The summed E-state index contributed by atoms with van der Waals surface area (Å²) in [4.78, 5) is 4.08. The number of hydrogen-bond donors (Lipinski definition) is 1. The molecule has 1 atom stereocenters. The zero-order valence-corrected chi connectivity index (χ0v) is 12.3. The molecular weight excluding hydrogens is 246 g/mol. The Labute approximate surface area is 121 Å². The zero-order chi connectivity index (χ0) is 14.0. The first-order chi connectivity index (χ1) is 9.65. The van der Waals surface area contributed by atoms with Crippen molar-refractivity contribution in [1.29, 1.82) is 0 Å². The molecule has 1 N–H and O–H groups in total. The summed E-state index contributed by atoms with van der Waals surface area (Å²) in [5.41, 5.74) is 2.94. The van der Waals surface area contributed by atoms with E-state index < -0.39 is 0 Å². The summed E-state index contributed by atoms with van der Waals surface area (Å²) in [5.74, 6) is 0. The monoisotopic (exact) mass is 269 g/mol. The maximum Gasteiger partial charge on any atom is 0.0991 e. The van der Waals surface area contributed by atoms with Crippen molar-refractivity contribution in [3.63, 3.8) is 0 Å². The van der Waals surface area contributed by atoms with Gasteiger partial charge in [-0.3, -0.25) is 0 Å². The summed E-state index contributed by atoms with van der Waals surface area (Å²) >= 11 is 0. The molecule has 1 unspecified atom stereocenters. The van der Waals surface area contributed by atoms with Crippen molar-refractivity contribution in [2.24, 2.45) is 5.41 Å². The first kappa shape index (κ1) is 13.4. The highest BCUT2D eigenvalue weighted by molar-refractivity contribution is 5.34. The lowest BCUT2D eigenvalue weighted by Gasteiger charge is -2.28. The van der Waals surface area contributed by atoms with Crippen molar-refractivity contribution < 1.29 is 0 Å². The molecule has 1 heterocycles. The van der Waals surface area contributed by atoms with Crippen LogP contribution in [0.15, 0.2) is 43.0 Å². The lowest BCUT2D eigenvalue weighted by atomic mass is 9.87. The largest absolute Gasteiger partial charge is 0.309 e. The van der Waals surface area contributed by atoms with Crippen LogP contribution in [0.2, 0.25) is 0 Å². The van der Waals surface area contributed by atoms with Gasteiger partial charge in [-0.05, 0) is 36.0 Å². The third kappa shape index (κ3) is 2.78. The van der Waals surface area contributed by atoms with Gasteiger partial charge >= 0.3 is 0 Å². The predicted octanol–water partition coefficient (Wildman–Crippen LogP) is 3.54. The van der Waals surface area contributed by atoms with Gasteiger partial charge in [0.25, 0.3) is 0 Å². The van der Waals surface area contributed by atoms with Crippen LogP contribution < -0.4 is 5.32 Å². The number of benzene rings is 1. The van der Waals surface area contributed by atoms with Gasteiger partial charge in [-0.25, -0.2) is 4.98 Å². The summed E-state index contributed by atoms with van der Waals surface area (Å²) in [5, 5.41) is 3.72. The molecule has 3 nitrogen and oxygen atoms in total. The van der Waals surface area contributed by atoms with Crippen molar-refractivity contribution in [2.75, 3.05) is 0 Å². The molecule has 1 aliphatic rings. The van der Waals surface area contributed by atoms with Crippen LogP contribution >= 0.6 is 0 Å². The third-order valence-electron chi connectivity index (χ3n) is 4.55. The highest BCUT2D eigenvalue weighted by atomic mass is 15.0. The fourth-order valence-corrected chi connectivity index (χ4v) is 3.14. The molecule has 1 aromatic carbocycles. The minimum absolute atomic E-state index is 0.441. The second-order valence-corrected chi connectivity index (χ2v) is 6.45. The summed E-state index contributed by atoms with van der Waals surface area (Å²) in [6.45, 7) is 5.71. The van der Waals surface area contributed by atoms with Crippen molar-refractivity contribution in [3.8, 4) is 5.69 Å². The van der Waals surface area contributed by atoms with Gasteiger partial charge in [0.1, 0.15) is 0 Å². The molecule has 3 heteroatoms. The highest BCUT2D eigenvalue weighted by Gasteiger charge is 2.33. The van der Waals surface area contributed by atoms with Gasteiger partial charge in [-0.15, -0.1) is 0 Å². The fourth-order valence-electron chi connectivity index (χ4n) is 3.14. The Hall–Kier alpha value is -1.61. The molecule has 106 valence electrons. The average molecular weight is 269 g/mol. The van der Waals surface area contributed by atoms with E-state index in [0.717, 1.165) is 12.2 Å². The van der Waals surface area contributed by atoms with Crippen LogP contribution in [0.5, 0.6) is 0 Å². The second kappa shape index (κ2) is 5.41. The molecular formula is C17H23N3. The molecule has 1 aliphatic carbocycles. The summed E-state index contributed by atoms with van der Waals surface area (Å²) in [7, 11) is 0. The van der Waals surface area contributed by atoms with Gasteiger partial charge in [-0.2, -0.15) is 0 Å². The van der Waals surface area contributed by atoms with E-state index in [0.29, 0.717) is 11.5 Å². The maximum atomic E-state index is 4.08. The third-order valence-corrected chi connectivity index (χ3v) is 4.55. The number of imidazole rings is 1. The maximum absolute atomic E-state index is 4.08. The molecule has 0 aliphatic heterocycles. The van der Waals surface area contributed by atoms with E-state index in [-0.39, 0.29) is 0 Å². The summed E-state index contributed by atoms with van der Waals surface area (Å²) in [6, 6.07) is 9.35. The molecule has 20 heavy (non-hydrogen) atoms. The fraction of sp³-hybridized carbons (Fsp3) is 0.471. The number of rotatable bonds is 4. The van der Waals surface area contributed by atoms with Gasteiger partial charge < -0.3 is 9.88 Å². The molecule has 0 amide bonds. The Morgan fingerprint density at radius 1 is 1.30 bits per heavy atom. The van der Waals surface area contributed by atoms with Gasteiger partial charge in [0.05, 0.1) is 6.33 Å². The van der Waals surface area contributed by atoms with E-state index in [1.54, 1.807) is 6.20 Å². The summed E-state index contributed by atoms with van der Waals surface area (Å²) in [6.07, 6.45) is 9.59. The Bertz CT molecular complexity index is 540. The lowest BCUT2D eigenvalue weighted by molar-refractivity contribution is 0.282. The topological polar surface area (TPSA) is 29.9 Å². The number of nitrogens with one attached hydrogen (secondary N) is 1. The molecule has 1 aromatic heterocycles. The molecule has 1 saturated carbocycles. The van der Waals surface area contributed by atoms with Crippen LogP contribution in [0.1, 0.15) is 38.7 Å². The van der Waals surface area contributed by atoms with Crippen LogP contribution in [0.4, 0.5) is 0 Å². The van der Waals surface area contributed by atoms with Gasteiger partial charge in [0.15, 0.2) is 0 Å². The van der Waals surface area contributed by atoms with E-state index in [2.05, 4.69) is 48.4 Å². The minimum Gasteiger partial charge on any atom is -0.309 e. The Balaban J connectivity index is 1.61. The van der Waals surface area contributed by atoms with Gasteiger partial charge in [0, 0.05) is 30.7 Å². The minimum atomic E-state index is 0.441. The SMILES string of the molecule is CC1(C)CCCC1NCc1ccc(-n2ccnc2)cc1. The molecule has 2 aromatic rings. The number of nitrogens with zero attached hydrogens (tertiary/aromatic N) is 2. The van der Waals surface area contributed by atoms with Crippen LogP contribution in [-0.4, -0.2) is 15.6 Å². The molecule has 0 radical (unpaired) electrons. The lowest BCUT2D eigenvalue weighted by Crippen LogP contribution is -2.37. The molecule has 0 bridgehead atoms. The Morgan fingerprint density at radius 3 is 2.70 bits per heavy atom. The van der Waals surface area contributed by atoms with E-state index >= 15 is 0 Å². The van der Waals surface area contributed by atoms with E-state index in [1.807, 2.05) is 17.1 Å². The van der Waals surface area contributed by atoms with Crippen LogP contribution in [-0.2, 0) is 6.54 Å². The van der Waals surface area contributed by atoms with Crippen molar-refractivity contribution in [2.45, 2.75) is 45.7 Å². The van der Waals surface area contributed by atoms with Crippen LogP contribution in [0.25, 0.3) is 5.69 Å². The highest BCUT2D eigenvalue weighted by Crippen LogP contribution is 2.37. The standard InChI is InChI=1S/C17H23N3/c1-17(2)9-3-4-16(17)19-12-14-5-7-15(8-6-14)20-11-10-18-13-20/h5-8,10-11,13,16,19H,3-4,9,12H2,1-2H3. The quantitative estimate of drug-likeness (QED) is 0.920. The molecule has 0 saturated heterocycles.